The van der Waals surface area contributed by atoms with Crippen molar-refractivity contribution in [1.82, 2.24) is 4.57 Å². The van der Waals surface area contributed by atoms with Crippen LogP contribution >= 0.6 is 11.6 Å². The zero-order chi connectivity index (χ0) is 19.0. The number of carbonyl (C=O) groups is 1. The highest BCUT2D eigenvalue weighted by Gasteiger charge is 2.29. The van der Waals surface area contributed by atoms with Crippen molar-refractivity contribution in [2.45, 2.75) is 32.9 Å². The number of amides is 1. The van der Waals surface area contributed by atoms with Crippen LogP contribution in [0, 0.1) is 12.7 Å². The van der Waals surface area contributed by atoms with Crippen molar-refractivity contribution >= 4 is 23.2 Å². The Labute approximate surface area is 162 Å². The molecule has 0 radical (unpaired) electrons. The molecule has 0 atom stereocenters. The highest BCUT2D eigenvalue weighted by atomic mass is 35.5. The SMILES string of the molecule is Cc1ccc(Cl)cc1NC(=O)C[n+]1cc(-c2ccc(F)cc2)n2c1CCC2. The number of benzene rings is 2. The van der Waals surface area contributed by atoms with Crippen molar-refractivity contribution in [2.75, 3.05) is 5.32 Å². The third-order valence-corrected chi connectivity index (χ3v) is 5.16. The average Bonchev–Trinajstić information content (AvgIpc) is 3.23. The standard InChI is InChI=1S/C21H19ClFN3O/c1-14-4-7-16(22)11-18(14)24-20(27)13-25-12-19(26-10-2-3-21(25)26)15-5-8-17(23)9-6-15/h4-9,11-12H,2-3,10,13H2,1H3/p+1. The van der Waals surface area contributed by atoms with Crippen LogP contribution in [0.3, 0.4) is 0 Å². The highest BCUT2D eigenvalue weighted by molar-refractivity contribution is 6.31. The van der Waals surface area contributed by atoms with Crippen LogP contribution in [0.1, 0.15) is 17.8 Å². The summed E-state index contributed by atoms with van der Waals surface area (Å²) in [5, 5.41) is 3.53. The number of halogens is 2. The number of anilines is 1. The Bertz CT molecular complexity index is 1010. The number of aromatic nitrogens is 2. The summed E-state index contributed by atoms with van der Waals surface area (Å²) in [6.45, 7) is 3.06. The molecule has 1 aliphatic rings. The molecule has 138 valence electrons. The minimum Gasteiger partial charge on any atom is -0.322 e. The van der Waals surface area contributed by atoms with Crippen LogP contribution in [0.2, 0.25) is 5.02 Å². The molecule has 0 aliphatic carbocycles. The summed E-state index contributed by atoms with van der Waals surface area (Å²) < 4.78 is 17.4. The van der Waals surface area contributed by atoms with Gasteiger partial charge >= 0.3 is 0 Å². The lowest BCUT2D eigenvalue weighted by atomic mass is 10.1. The molecule has 0 spiro atoms. The molecule has 2 heterocycles. The van der Waals surface area contributed by atoms with Crippen molar-refractivity contribution in [3.8, 4) is 11.3 Å². The number of nitrogens with one attached hydrogen (secondary N) is 1. The van der Waals surface area contributed by atoms with E-state index < -0.39 is 0 Å². The second-order valence-corrected chi connectivity index (χ2v) is 7.26. The van der Waals surface area contributed by atoms with Gasteiger partial charge in [-0.05, 0) is 55.3 Å². The van der Waals surface area contributed by atoms with E-state index in [4.69, 9.17) is 11.6 Å². The first-order valence-corrected chi connectivity index (χ1v) is 9.33. The van der Waals surface area contributed by atoms with Crippen LogP contribution in [0.15, 0.2) is 48.7 Å². The number of hydrogen-bond donors (Lipinski definition) is 1. The van der Waals surface area contributed by atoms with Crippen LogP contribution in [-0.2, 0) is 24.3 Å². The third-order valence-electron chi connectivity index (χ3n) is 4.92. The summed E-state index contributed by atoms with van der Waals surface area (Å²) >= 11 is 6.03. The summed E-state index contributed by atoms with van der Waals surface area (Å²) in [6, 6.07) is 11.9. The molecule has 2 aromatic carbocycles. The quantitative estimate of drug-likeness (QED) is 0.675. The molecule has 1 aliphatic heterocycles. The molecule has 1 amide bonds. The number of fused-ring (bicyclic) bond motifs is 1. The normalized spacial score (nSPS) is 12.9. The van der Waals surface area contributed by atoms with E-state index in [1.54, 1.807) is 24.3 Å². The van der Waals surface area contributed by atoms with Gasteiger partial charge in [-0.25, -0.2) is 13.5 Å². The Morgan fingerprint density at radius 3 is 2.81 bits per heavy atom. The van der Waals surface area contributed by atoms with E-state index >= 15 is 0 Å². The van der Waals surface area contributed by atoms with Gasteiger partial charge in [-0.15, -0.1) is 0 Å². The summed E-state index contributed by atoms with van der Waals surface area (Å²) in [6.07, 6.45) is 3.94. The first-order valence-electron chi connectivity index (χ1n) is 8.95. The second kappa shape index (κ2) is 7.16. The molecular formula is C21H20ClFN3O+. The van der Waals surface area contributed by atoms with E-state index in [0.29, 0.717) is 5.02 Å². The number of imidazole rings is 1. The maximum absolute atomic E-state index is 13.2. The molecule has 6 heteroatoms. The summed E-state index contributed by atoms with van der Waals surface area (Å²) in [7, 11) is 0. The Kier molecular flexibility index (Phi) is 4.70. The smallest absolute Gasteiger partial charge is 0.266 e. The summed E-state index contributed by atoms with van der Waals surface area (Å²) in [5.74, 6) is 0.764. The van der Waals surface area contributed by atoms with Gasteiger partial charge in [-0.3, -0.25) is 4.79 Å². The molecule has 1 aromatic heterocycles. The Hall–Kier alpha value is -2.66. The van der Waals surface area contributed by atoms with Gasteiger partial charge in [0.2, 0.25) is 0 Å². The predicted molar refractivity (Wildman–Crippen MR) is 103 cm³/mol. The number of nitrogens with zero attached hydrogens (tertiary/aromatic N) is 2. The van der Waals surface area contributed by atoms with Crippen molar-refractivity contribution in [2.24, 2.45) is 0 Å². The van der Waals surface area contributed by atoms with Gasteiger partial charge in [0.1, 0.15) is 12.0 Å². The molecule has 0 unspecified atom stereocenters. The molecular weight excluding hydrogens is 365 g/mol. The number of carbonyl (C=O) groups excluding carboxylic acids is 1. The highest BCUT2D eigenvalue weighted by Crippen LogP contribution is 2.25. The largest absolute Gasteiger partial charge is 0.322 e. The molecule has 0 fully saturated rings. The van der Waals surface area contributed by atoms with Crippen LogP contribution < -0.4 is 9.88 Å². The van der Waals surface area contributed by atoms with E-state index in [1.807, 2.05) is 23.8 Å². The molecule has 0 saturated heterocycles. The first-order chi connectivity index (χ1) is 13.0. The van der Waals surface area contributed by atoms with Gasteiger partial charge in [0.15, 0.2) is 12.2 Å². The van der Waals surface area contributed by atoms with Crippen LogP contribution in [-0.4, -0.2) is 10.5 Å². The zero-order valence-electron chi connectivity index (χ0n) is 15.0. The number of aryl methyl sites for hydroxylation is 1. The van der Waals surface area contributed by atoms with Crippen molar-refractivity contribution in [3.05, 3.63) is 70.9 Å². The van der Waals surface area contributed by atoms with E-state index in [9.17, 15) is 9.18 Å². The van der Waals surface area contributed by atoms with E-state index in [1.165, 1.54) is 12.1 Å². The minimum atomic E-state index is -0.254. The maximum Gasteiger partial charge on any atom is 0.266 e. The second-order valence-electron chi connectivity index (χ2n) is 6.83. The molecule has 27 heavy (non-hydrogen) atoms. The molecule has 0 bridgehead atoms. The minimum absolute atomic E-state index is 0.101. The molecule has 0 saturated carbocycles. The van der Waals surface area contributed by atoms with Gasteiger partial charge in [0.25, 0.3) is 11.7 Å². The maximum atomic E-state index is 13.2. The molecule has 3 aromatic rings. The van der Waals surface area contributed by atoms with Gasteiger partial charge in [0.05, 0.1) is 13.0 Å². The average molecular weight is 385 g/mol. The third kappa shape index (κ3) is 3.60. The molecule has 1 N–H and O–H groups in total. The van der Waals surface area contributed by atoms with Crippen molar-refractivity contribution in [3.63, 3.8) is 0 Å². The summed E-state index contributed by atoms with van der Waals surface area (Å²) in [4.78, 5) is 12.6. The van der Waals surface area contributed by atoms with Crippen molar-refractivity contribution in [1.29, 1.82) is 0 Å². The van der Waals surface area contributed by atoms with E-state index in [0.717, 1.165) is 47.7 Å². The topological polar surface area (TPSA) is 37.9 Å². The predicted octanol–water partition coefficient (Wildman–Crippen LogP) is 4.13. The van der Waals surface area contributed by atoms with Gasteiger partial charge < -0.3 is 5.32 Å². The fourth-order valence-corrected chi connectivity index (χ4v) is 3.74. The van der Waals surface area contributed by atoms with Gasteiger partial charge in [-0.2, -0.15) is 0 Å². The first kappa shape index (κ1) is 17.7. The van der Waals surface area contributed by atoms with Gasteiger partial charge in [0, 0.05) is 16.3 Å². The van der Waals surface area contributed by atoms with E-state index in [-0.39, 0.29) is 18.3 Å². The fourth-order valence-electron chi connectivity index (χ4n) is 3.57. The monoisotopic (exact) mass is 384 g/mol. The molecule has 4 nitrogen and oxygen atoms in total. The van der Waals surface area contributed by atoms with Crippen molar-refractivity contribution < 1.29 is 13.8 Å². The Balaban J connectivity index is 1.59. The van der Waals surface area contributed by atoms with Crippen LogP contribution in [0.4, 0.5) is 10.1 Å². The lowest BCUT2D eigenvalue weighted by Gasteiger charge is -2.08. The molecule has 4 rings (SSSR count). The number of hydrogen-bond acceptors (Lipinski definition) is 1. The fraction of sp³-hybridized carbons (Fsp3) is 0.238. The Morgan fingerprint density at radius 1 is 1.26 bits per heavy atom. The van der Waals surface area contributed by atoms with Crippen LogP contribution in [0.5, 0.6) is 0 Å². The van der Waals surface area contributed by atoms with Gasteiger partial charge in [-0.1, -0.05) is 17.7 Å². The summed E-state index contributed by atoms with van der Waals surface area (Å²) in [5.41, 5.74) is 3.65. The van der Waals surface area contributed by atoms with Crippen LogP contribution in [0.25, 0.3) is 11.3 Å². The lowest BCUT2D eigenvalue weighted by Crippen LogP contribution is -2.42. The lowest BCUT2D eigenvalue weighted by molar-refractivity contribution is -0.690. The Morgan fingerprint density at radius 2 is 2.04 bits per heavy atom. The zero-order valence-corrected chi connectivity index (χ0v) is 15.8. The number of rotatable bonds is 4. The van der Waals surface area contributed by atoms with E-state index in [2.05, 4.69) is 9.88 Å².